The highest BCUT2D eigenvalue weighted by molar-refractivity contribution is 5.94. The lowest BCUT2D eigenvalue weighted by atomic mass is 10.1. The summed E-state index contributed by atoms with van der Waals surface area (Å²) >= 11 is 0. The number of ether oxygens (including phenoxy) is 1. The molecule has 1 heterocycles. The van der Waals surface area contributed by atoms with Crippen LogP contribution >= 0.6 is 0 Å². The lowest BCUT2D eigenvalue weighted by Gasteiger charge is -2.25. The van der Waals surface area contributed by atoms with E-state index in [0.29, 0.717) is 36.6 Å². The first-order chi connectivity index (χ1) is 15.7. The Bertz CT molecular complexity index is 1060. The average Bonchev–Trinajstić information content (AvgIpc) is 2.80. The van der Waals surface area contributed by atoms with E-state index in [-0.39, 0.29) is 12.5 Å². The van der Waals surface area contributed by atoms with Crippen LogP contribution in [0.4, 0.5) is 13.2 Å². The van der Waals surface area contributed by atoms with Crippen LogP contribution in [0.3, 0.4) is 0 Å². The molecule has 3 rings (SSSR count). The summed E-state index contributed by atoms with van der Waals surface area (Å²) in [5.41, 5.74) is 0.988. The molecule has 5 nitrogen and oxygen atoms in total. The van der Waals surface area contributed by atoms with Gasteiger partial charge in [0.25, 0.3) is 5.91 Å². The number of rotatable bonds is 9. The zero-order chi connectivity index (χ0) is 23.8. The number of carbonyl (C=O) groups excluding carboxylic acids is 1. The summed E-state index contributed by atoms with van der Waals surface area (Å²) in [6.07, 6.45) is -1.06. The van der Waals surface area contributed by atoms with Crippen LogP contribution in [0.2, 0.25) is 0 Å². The largest absolute Gasteiger partial charge is 0.489 e. The van der Waals surface area contributed by atoms with Gasteiger partial charge in [0.05, 0.1) is 5.56 Å². The Kier molecular flexibility index (Phi) is 8.06. The van der Waals surface area contributed by atoms with Crippen LogP contribution in [-0.2, 0) is 19.3 Å². The average molecular weight is 457 g/mol. The standard InChI is InChI=1S/C25H26F3N3O2/c1-30(2)12-13-31(17-19-6-3-9-22(14-19)25(26,27)28)24(32)21-8-4-10-23(15-21)33-18-20-7-5-11-29-16-20/h3-11,14-16H,12-13,17-18H2,1-2H3. The molecule has 0 atom stereocenters. The molecule has 0 radical (unpaired) electrons. The summed E-state index contributed by atoms with van der Waals surface area (Å²) in [5.74, 6) is 0.248. The minimum absolute atomic E-state index is 0.0668. The van der Waals surface area contributed by atoms with Crippen molar-refractivity contribution < 1.29 is 22.7 Å². The SMILES string of the molecule is CN(C)CCN(Cc1cccc(C(F)(F)F)c1)C(=O)c1cccc(OCc2cccnc2)c1. The fourth-order valence-electron chi connectivity index (χ4n) is 3.19. The third-order valence-electron chi connectivity index (χ3n) is 4.94. The molecule has 0 saturated heterocycles. The van der Waals surface area contributed by atoms with Gasteiger partial charge in [-0.25, -0.2) is 0 Å². The Labute approximate surface area is 191 Å². The predicted octanol–water partition coefficient (Wildman–Crippen LogP) is 4.88. The molecule has 0 aliphatic carbocycles. The van der Waals surface area contributed by atoms with E-state index in [1.165, 1.54) is 6.07 Å². The number of nitrogens with zero attached hydrogens (tertiary/aromatic N) is 3. The molecule has 0 spiro atoms. The number of alkyl halides is 3. The second-order valence-electron chi connectivity index (χ2n) is 7.91. The third-order valence-corrected chi connectivity index (χ3v) is 4.94. The summed E-state index contributed by atoms with van der Waals surface area (Å²) < 4.78 is 45.1. The normalized spacial score (nSPS) is 11.5. The maximum absolute atomic E-state index is 13.3. The summed E-state index contributed by atoms with van der Waals surface area (Å²) in [5, 5.41) is 0. The molecule has 0 fully saturated rings. The van der Waals surface area contributed by atoms with Crippen molar-refractivity contribution in [3.05, 3.63) is 95.3 Å². The minimum Gasteiger partial charge on any atom is -0.489 e. The van der Waals surface area contributed by atoms with E-state index in [2.05, 4.69) is 4.98 Å². The first-order valence-corrected chi connectivity index (χ1v) is 10.4. The first kappa shape index (κ1) is 24.3. The fraction of sp³-hybridized carbons (Fsp3) is 0.280. The molecule has 174 valence electrons. The second-order valence-corrected chi connectivity index (χ2v) is 7.91. The van der Waals surface area contributed by atoms with E-state index in [0.717, 1.165) is 17.7 Å². The summed E-state index contributed by atoms with van der Waals surface area (Å²) in [4.78, 5) is 20.8. The van der Waals surface area contributed by atoms with Crippen molar-refractivity contribution in [1.82, 2.24) is 14.8 Å². The van der Waals surface area contributed by atoms with Crippen molar-refractivity contribution in [2.24, 2.45) is 0 Å². The highest BCUT2D eigenvalue weighted by Crippen LogP contribution is 2.30. The van der Waals surface area contributed by atoms with Crippen LogP contribution in [-0.4, -0.2) is 47.9 Å². The fourth-order valence-corrected chi connectivity index (χ4v) is 3.19. The smallest absolute Gasteiger partial charge is 0.416 e. The monoisotopic (exact) mass is 457 g/mol. The van der Waals surface area contributed by atoms with Gasteiger partial charge >= 0.3 is 6.18 Å². The summed E-state index contributed by atoms with van der Waals surface area (Å²) in [6.45, 7) is 1.31. The van der Waals surface area contributed by atoms with Gasteiger partial charge in [0.15, 0.2) is 0 Å². The third kappa shape index (κ3) is 7.32. The zero-order valence-corrected chi connectivity index (χ0v) is 18.5. The Balaban J connectivity index is 1.77. The van der Waals surface area contributed by atoms with Crippen LogP contribution in [0.25, 0.3) is 0 Å². The Morgan fingerprint density at radius 2 is 1.73 bits per heavy atom. The number of benzene rings is 2. The van der Waals surface area contributed by atoms with Gasteiger partial charge < -0.3 is 14.5 Å². The molecule has 0 aliphatic heterocycles. The van der Waals surface area contributed by atoms with Gasteiger partial charge in [0, 0.05) is 43.2 Å². The van der Waals surface area contributed by atoms with E-state index >= 15 is 0 Å². The predicted molar refractivity (Wildman–Crippen MR) is 120 cm³/mol. The molecule has 1 amide bonds. The van der Waals surface area contributed by atoms with E-state index in [1.807, 2.05) is 31.1 Å². The lowest BCUT2D eigenvalue weighted by molar-refractivity contribution is -0.137. The minimum atomic E-state index is -4.44. The van der Waals surface area contributed by atoms with Crippen LogP contribution in [0, 0.1) is 0 Å². The quantitative estimate of drug-likeness (QED) is 0.459. The molecular formula is C25H26F3N3O2. The van der Waals surface area contributed by atoms with Crippen molar-refractivity contribution >= 4 is 5.91 Å². The Hall–Kier alpha value is -3.39. The van der Waals surface area contributed by atoms with Crippen LogP contribution in [0.5, 0.6) is 5.75 Å². The van der Waals surface area contributed by atoms with E-state index in [4.69, 9.17) is 4.74 Å². The molecule has 1 aromatic heterocycles. The lowest BCUT2D eigenvalue weighted by Crippen LogP contribution is -2.36. The number of aromatic nitrogens is 1. The molecule has 3 aromatic rings. The van der Waals surface area contributed by atoms with Crippen molar-refractivity contribution in [3.8, 4) is 5.75 Å². The molecule has 0 aliphatic rings. The number of hydrogen-bond acceptors (Lipinski definition) is 4. The molecule has 0 bridgehead atoms. The van der Waals surface area contributed by atoms with Gasteiger partial charge in [0.2, 0.25) is 0 Å². The van der Waals surface area contributed by atoms with Gasteiger partial charge in [-0.1, -0.05) is 24.3 Å². The number of carbonyl (C=O) groups is 1. The molecular weight excluding hydrogens is 431 g/mol. The van der Waals surface area contributed by atoms with E-state index < -0.39 is 11.7 Å². The number of amides is 1. The van der Waals surface area contributed by atoms with Crippen LogP contribution in [0.1, 0.15) is 27.0 Å². The van der Waals surface area contributed by atoms with Crippen LogP contribution < -0.4 is 4.74 Å². The van der Waals surface area contributed by atoms with Crippen LogP contribution in [0.15, 0.2) is 73.1 Å². The Morgan fingerprint density at radius 1 is 0.970 bits per heavy atom. The second kappa shape index (κ2) is 11.0. The number of pyridine rings is 1. The topological polar surface area (TPSA) is 45.7 Å². The molecule has 0 N–H and O–H groups in total. The maximum Gasteiger partial charge on any atom is 0.416 e. The maximum atomic E-state index is 13.3. The van der Waals surface area contributed by atoms with Crippen molar-refractivity contribution in [2.45, 2.75) is 19.3 Å². The first-order valence-electron chi connectivity index (χ1n) is 10.4. The van der Waals surface area contributed by atoms with Crippen molar-refractivity contribution in [1.29, 1.82) is 0 Å². The van der Waals surface area contributed by atoms with E-state index in [9.17, 15) is 18.0 Å². The zero-order valence-electron chi connectivity index (χ0n) is 18.5. The number of hydrogen-bond donors (Lipinski definition) is 0. The Morgan fingerprint density at radius 3 is 2.42 bits per heavy atom. The van der Waals surface area contributed by atoms with Gasteiger partial charge in [-0.05, 0) is 56.1 Å². The van der Waals surface area contributed by atoms with Gasteiger partial charge in [-0.2, -0.15) is 13.2 Å². The van der Waals surface area contributed by atoms with Gasteiger partial charge in [-0.3, -0.25) is 9.78 Å². The number of halogens is 3. The highest BCUT2D eigenvalue weighted by atomic mass is 19.4. The summed E-state index contributed by atoms with van der Waals surface area (Å²) in [6, 6.07) is 15.6. The molecule has 33 heavy (non-hydrogen) atoms. The summed E-state index contributed by atoms with van der Waals surface area (Å²) in [7, 11) is 3.75. The molecule has 2 aromatic carbocycles. The van der Waals surface area contributed by atoms with Crippen molar-refractivity contribution in [3.63, 3.8) is 0 Å². The molecule has 8 heteroatoms. The highest BCUT2D eigenvalue weighted by Gasteiger charge is 2.30. The molecule has 0 saturated carbocycles. The number of likely N-dealkylation sites (N-methyl/N-ethyl adjacent to an activating group) is 1. The molecule has 0 unspecified atom stereocenters. The van der Waals surface area contributed by atoms with Gasteiger partial charge in [-0.15, -0.1) is 0 Å². The van der Waals surface area contributed by atoms with Gasteiger partial charge in [0.1, 0.15) is 12.4 Å². The van der Waals surface area contributed by atoms with E-state index in [1.54, 1.807) is 47.6 Å². The van der Waals surface area contributed by atoms with Crippen molar-refractivity contribution in [2.75, 3.05) is 27.2 Å².